The first-order chi connectivity index (χ1) is 8.79. The molecule has 2 N–H and O–H groups in total. The predicted molar refractivity (Wildman–Crippen MR) is 68.4 cm³/mol. The fourth-order valence-corrected chi connectivity index (χ4v) is 1.89. The third kappa shape index (κ3) is 3.73. The highest BCUT2D eigenvalue weighted by molar-refractivity contribution is 5.84. The third-order valence-electron chi connectivity index (χ3n) is 3.02. The molecule has 1 aromatic carbocycles. The fourth-order valence-electron chi connectivity index (χ4n) is 1.89. The van der Waals surface area contributed by atoms with Gasteiger partial charge in [-0.3, -0.25) is 4.79 Å². The smallest absolute Gasteiger partial charge is 0.252 e. The van der Waals surface area contributed by atoms with Crippen molar-refractivity contribution < 1.29 is 18.7 Å². The zero-order valence-electron chi connectivity index (χ0n) is 11.3. The number of hydrogen-bond acceptors (Lipinski definition) is 2. The lowest BCUT2D eigenvalue weighted by atomic mass is 9.98. The number of halogens is 2. The highest BCUT2D eigenvalue weighted by Gasteiger charge is 2.30. The Labute approximate surface area is 111 Å². The van der Waals surface area contributed by atoms with Crippen molar-refractivity contribution in [3.05, 3.63) is 35.4 Å². The van der Waals surface area contributed by atoms with Crippen LogP contribution in [0.4, 0.5) is 8.78 Å². The van der Waals surface area contributed by atoms with E-state index in [9.17, 15) is 18.7 Å². The molecule has 3 nitrogen and oxygen atoms in total. The minimum Gasteiger partial charge on any atom is -0.380 e. The molecule has 19 heavy (non-hydrogen) atoms. The first-order valence-electron chi connectivity index (χ1n) is 6.27. The molecule has 0 fully saturated rings. The summed E-state index contributed by atoms with van der Waals surface area (Å²) in [5.74, 6) is -2.53. The van der Waals surface area contributed by atoms with Crippen LogP contribution in [0.2, 0.25) is 0 Å². The SMILES string of the molecule is CCCC(C)(O)C(=O)NC(C)c1cccc(F)c1F. The van der Waals surface area contributed by atoms with Crippen molar-refractivity contribution >= 4 is 5.91 Å². The Morgan fingerprint density at radius 3 is 2.68 bits per heavy atom. The monoisotopic (exact) mass is 271 g/mol. The number of hydrogen-bond donors (Lipinski definition) is 2. The van der Waals surface area contributed by atoms with Gasteiger partial charge in [0.2, 0.25) is 0 Å². The molecule has 0 spiro atoms. The summed E-state index contributed by atoms with van der Waals surface area (Å²) in [6.07, 6.45) is 0.945. The van der Waals surface area contributed by atoms with Gasteiger partial charge in [-0.05, 0) is 26.3 Å². The van der Waals surface area contributed by atoms with Crippen molar-refractivity contribution in [1.82, 2.24) is 5.32 Å². The summed E-state index contributed by atoms with van der Waals surface area (Å²) in [6, 6.07) is 3.07. The molecule has 1 rings (SSSR count). The maximum absolute atomic E-state index is 13.6. The van der Waals surface area contributed by atoms with Gasteiger partial charge >= 0.3 is 0 Å². The molecular formula is C14H19F2NO2. The lowest BCUT2D eigenvalue weighted by Gasteiger charge is -2.24. The highest BCUT2D eigenvalue weighted by Crippen LogP contribution is 2.20. The number of benzene rings is 1. The number of amides is 1. The van der Waals surface area contributed by atoms with Crippen LogP contribution in [-0.4, -0.2) is 16.6 Å². The van der Waals surface area contributed by atoms with E-state index in [1.54, 1.807) is 0 Å². The van der Waals surface area contributed by atoms with E-state index in [2.05, 4.69) is 5.32 Å². The van der Waals surface area contributed by atoms with E-state index >= 15 is 0 Å². The normalized spacial score (nSPS) is 15.7. The second kappa shape index (κ2) is 6.10. The summed E-state index contributed by atoms with van der Waals surface area (Å²) in [4.78, 5) is 11.9. The fraction of sp³-hybridized carbons (Fsp3) is 0.500. The average molecular weight is 271 g/mol. The topological polar surface area (TPSA) is 49.3 Å². The molecule has 1 amide bonds. The van der Waals surface area contributed by atoms with Crippen LogP contribution in [0.1, 0.15) is 45.2 Å². The second-order valence-corrected chi connectivity index (χ2v) is 4.86. The third-order valence-corrected chi connectivity index (χ3v) is 3.02. The van der Waals surface area contributed by atoms with Gasteiger partial charge < -0.3 is 10.4 Å². The van der Waals surface area contributed by atoms with Crippen LogP contribution >= 0.6 is 0 Å². The van der Waals surface area contributed by atoms with Gasteiger partial charge in [-0.1, -0.05) is 25.5 Å². The molecule has 1 aromatic rings. The Bertz CT molecular complexity index is 461. The zero-order chi connectivity index (χ0) is 14.6. The first-order valence-corrected chi connectivity index (χ1v) is 6.27. The maximum Gasteiger partial charge on any atom is 0.252 e. The molecule has 0 aliphatic heterocycles. The first kappa shape index (κ1) is 15.6. The molecule has 0 heterocycles. The van der Waals surface area contributed by atoms with Crippen LogP contribution in [0.25, 0.3) is 0 Å². The van der Waals surface area contributed by atoms with Gasteiger partial charge in [-0.25, -0.2) is 8.78 Å². The Kier molecular flexibility index (Phi) is 5.00. The summed E-state index contributed by atoms with van der Waals surface area (Å²) >= 11 is 0. The van der Waals surface area contributed by atoms with E-state index in [4.69, 9.17) is 0 Å². The molecule has 2 atom stereocenters. The minimum atomic E-state index is -1.51. The number of nitrogens with one attached hydrogen (secondary N) is 1. The van der Waals surface area contributed by atoms with Crippen molar-refractivity contribution in [2.45, 2.75) is 45.3 Å². The van der Waals surface area contributed by atoms with Crippen molar-refractivity contribution in [3.8, 4) is 0 Å². The molecule has 2 unspecified atom stereocenters. The number of carbonyl (C=O) groups excluding carboxylic acids is 1. The van der Waals surface area contributed by atoms with Crippen LogP contribution in [0, 0.1) is 11.6 Å². The van der Waals surface area contributed by atoms with Crippen LogP contribution in [-0.2, 0) is 4.79 Å². The lowest BCUT2D eigenvalue weighted by Crippen LogP contribution is -2.45. The Morgan fingerprint density at radius 2 is 2.11 bits per heavy atom. The quantitative estimate of drug-likeness (QED) is 0.865. The van der Waals surface area contributed by atoms with Crippen LogP contribution < -0.4 is 5.32 Å². The number of rotatable bonds is 5. The zero-order valence-corrected chi connectivity index (χ0v) is 11.3. The summed E-state index contributed by atoms with van der Waals surface area (Å²) in [5, 5.41) is 12.4. The standard InChI is InChI=1S/C14H19F2NO2/c1-4-8-14(3,19)13(18)17-9(2)10-6-5-7-11(15)12(10)16/h5-7,9,19H,4,8H2,1-3H3,(H,17,18). The predicted octanol–water partition coefficient (Wildman–Crippen LogP) is 2.69. The van der Waals surface area contributed by atoms with Crippen LogP contribution in [0.5, 0.6) is 0 Å². The van der Waals surface area contributed by atoms with E-state index in [0.717, 1.165) is 6.07 Å². The lowest BCUT2D eigenvalue weighted by molar-refractivity contribution is -0.139. The second-order valence-electron chi connectivity index (χ2n) is 4.86. The van der Waals surface area contributed by atoms with Gasteiger partial charge in [0, 0.05) is 5.56 Å². The van der Waals surface area contributed by atoms with E-state index in [-0.39, 0.29) is 5.56 Å². The molecular weight excluding hydrogens is 252 g/mol. The molecule has 0 bridgehead atoms. The van der Waals surface area contributed by atoms with Gasteiger partial charge in [-0.2, -0.15) is 0 Å². The highest BCUT2D eigenvalue weighted by atomic mass is 19.2. The van der Waals surface area contributed by atoms with Crippen molar-refractivity contribution in [3.63, 3.8) is 0 Å². The molecule has 5 heteroatoms. The average Bonchev–Trinajstić information content (AvgIpc) is 2.32. The number of carbonyl (C=O) groups is 1. The van der Waals surface area contributed by atoms with Gasteiger partial charge in [0.15, 0.2) is 11.6 Å². The van der Waals surface area contributed by atoms with E-state index in [0.29, 0.717) is 12.8 Å². The molecule has 106 valence electrons. The summed E-state index contributed by atoms with van der Waals surface area (Å²) < 4.78 is 26.7. The molecule has 0 aliphatic carbocycles. The molecule has 0 saturated carbocycles. The Hall–Kier alpha value is -1.49. The number of aliphatic hydroxyl groups is 1. The van der Waals surface area contributed by atoms with Gasteiger partial charge in [0.1, 0.15) is 5.60 Å². The van der Waals surface area contributed by atoms with Gasteiger partial charge in [-0.15, -0.1) is 0 Å². The van der Waals surface area contributed by atoms with Crippen molar-refractivity contribution in [2.75, 3.05) is 0 Å². The van der Waals surface area contributed by atoms with Gasteiger partial charge in [0.25, 0.3) is 5.91 Å². The summed E-state index contributed by atoms with van der Waals surface area (Å²) in [5.41, 5.74) is -1.45. The van der Waals surface area contributed by atoms with Crippen LogP contribution in [0.3, 0.4) is 0 Å². The Balaban J connectivity index is 2.83. The summed E-state index contributed by atoms with van der Waals surface area (Å²) in [6.45, 7) is 4.79. The molecule has 0 aliphatic rings. The maximum atomic E-state index is 13.6. The molecule has 0 saturated heterocycles. The van der Waals surface area contributed by atoms with E-state index in [1.807, 2.05) is 6.92 Å². The Morgan fingerprint density at radius 1 is 1.47 bits per heavy atom. The van der Waals surface area contributed by atoms with Crippen molar-refractivity contribution in [2.24, 2.45) is 0 Å². The molecule has 0 aromatic heterocycles. The van der Waals surface area contributed by atoms with Crippen LogP contribution in [0.15, 0.2) is 18.2 Å². The van der Waals surface area contributed by atoms with Crippen molar-refractivity contribution in [1.29, 1.82) is 0 Å². The summed E-state index contributed by atoms with van der Waals surface area (Å²) in [7, 11) is 0. The minimum absolute atomic E-state index is 0.0562. The van der Waals surface area contributed by atoms with E-state index < -0.39 is 29.2 Å². The van der Waals surface area contributed by atoms with Gasteiger partial charge in [0.05, 0.1) is 6.04 Å². The van der Waals surface area contributed by atoms with E-state index in [1.165, 1.54) is 26.0 Å². The molecule has 0 radical (unpaired) electrons. The largest absolute Gasteiger partial charge is 0.380 e.